The third-order valence-corrected chi connectivity index (χ3v) is 2.58. The fourth-order valence-corrected chi connectivity index (χ4v) is 1.55. The van der Waals surface area contributed by atoms with E-state index in [1.807, 2.05) is 20.8 Å². The van der Waals surface area contributed by atoms with E-state index in [4.69, 9.17) is 0 Å². The normalized spacial score (nSPS) is 11.2. The van der Waals surface area contributed by atoms with Gasteiger partial charge in [-0.05, 0) is 20.8 Å². The lowest BCUT2D eigenvalue weighted by Gasteiger charge is -2.34. The number of carbonyl (C=O) groups excluding carboxylic acids is 2. The summed E-state index contributed by atoms with van der Waals surface area (Å²) in [6.45, 7) is 7.93. The molecule has 4 heteroatoms. The largest absolute Gasteiger partial charge is 0.338 e. The summed E-state index contributed by atoms with van der Waals surface area (Å²) >= 11 is 3.10. The lowest BCUT2D eigenvalue weighted by atomic mass is 10.1. The number of rotatable bonds is 4. The van der Waals surface area contributed by atoms with Gasteiger partial charge in [0.15, 0.2) is 0 Å². The average Bonchev–Trinajstić information content (AvgIpc) is 2.01. The Morgan fingerprint density at radius 3 is 2.07 bits per heavy atom. The van der Waals surface area contributed by atoms with Gasteiger partial charge >= 0.3 is 0 Å². The Labute approximate surface area is 94.0 Å². The molecule has 0 unspecified atom stereocenters. The number of Topliss-reactive ketones (excluding diaryl/α,β-unsaturated/α-hetero) is 1. The lowest BCUT2D eigenvalue weighted by molar-refractivity contribution is -0.134. The highest BCUT2D eigenvalue weighted by molar-refractivity contribution is 9.09. The quantitative estimate of drug-likeness (QED) is 0.728. The molecule has 0 aliphatic rings. The molecule has 0 aromatic heterocycles. The molecular formula is C10H18BrNO2. The summed E-state index contributed by atoms with van der Waals surface area (Å²) < 4.78 is 0. The number of amides is 1. The minimum Gasteiger partial charge on any atom is -0.338 e. The maximum absolute atomic E-state index is 11.3. The molecule has 0 saturated carbocycles. The van der Waals surface area contributed by atoms with Crippen molar-refractivity contribution in [1.29, 1.82) is 0 Å². The molecule has 0 atom stereocenters. The van der Waals surface area contributed by atoms with Gasteiger partial charge in [-0.2, -0.15) is 0 Å². The van der Waals surface area contributed by atoms with E-state index in [2.05, 4.69) is 15.9 Å². The molecule has 0 N–H and O–H groups in total. The Hall–Kier alpha value is -0.380. The first-order valence-electron chi connectivity index (χ1n) is 4.65. The SMILES string of the molecule is CC(=O)N(CCC(=O)CBr)C(C)(C)C. The molecule has 0 rings (SSSR count). The Kier molecular flexibility index (Phi) is 5.34. The Morgan fingerprint density at radius 2 is 1.79 bits per heavy atom. The fraction of sp³-hybridized carbons (Fsp3) is 0.800. The van der Waals surface area contributed by atoms with E-state index in [1.54, 1.807) is 4.90 Å². The topological polar surface area (TPSA) is 37.4 Å². The van der Waals surface area contributed by atoms with Gasteiger partial charge in [0.1, 0.15) is 5.78 Å². The van der Waals surface area contributed by atoms with Crippen molar-refractivity contribution in [2.24, 2.45) is 0 Å². The summed E-state index contributed by atoms with van der Waals surface area (Å²) in [7, 11) is 0. The number of carbonyl (C=O) groups is 2. The van der Waals surface area contributed by atoms with Crippen molar-refractivity contribution in [3.8, 4) is 0 Å². The predicted molar refractivity (Wildman–Crippen MR) is 60.6 cm³/mol. The first-order chi connectivity index (χ1) is 6.29. The third kappa shape index (κ3) is 4.74. The van der Waals surface area contributed by atoms with Crippen LogP contribution in [0, 0.1) is 0 Å². The van der Waals surface area contributed by atoms with Gasteiger partial charge in [-0.3, -0.25) is 9.59 Å². The summed E-state index contributed by atoms with van der Waals surface area (Å²) in [4.78, 5) is 24.1. The van der Waals surface area contributed by atoms with E-state index in [0.29, 0.717) is 18.3 Å². The van der Waals surface area contributed by atoms with Crippen LogP contribution in [0.1, 0.15) is 34.1 Å². The van der Waals surface area contributed by atoms with E-state index in [9.17, 15) is 9.59 Å². The molecule has 0 saturated heterocycles. The van der Waals surface area contributed by atoms with Gasteiger partial charge in [-0.15, -0.1) is 0 Å². The summed E-state index contributed by atoms with van der Waals surface area (Å²) in [6, 6.07) is 0. The number of halogens is 1. The molecule has 3 nitrogen and oxygen atoms in total. The van der Waals surface area contributed by atoms with E-state index >= 15 is 0 Å². The van der Waals surface area contributed by atoms with E-state index in [0.717, 1.165) is 0 Å². The first kappa shape index (κ1) is 13.6. The van der Waals surface area contributed by atoms with E-state index in [1.165, 1.54) is 6.92 Å². The number of nitrogens with zero attached hydrogens (tertiary/aromatic N) is 1. The second-order valence-electron chi connectivity index (χ2n) is 4.26. The molecule has 0 spiro atoms. The second kappa shape index (κ2) is 5.49. The van der Waals surface area contributed by atoms with Crippen molar-refractivity contribution in [3.05, 3.63) is 0 Å². The highest BCUT2D eigenvalue weighted by Gasteiger charge is 2.23. The standard InChI is InChI=1S/C10H18BrNO2/c1-8(13)12(10(2,3)4)6-5-9(14)7-11/h5-7H2,1-4H3. The van der Waals surface area contributed by atoms with Crippen molar-refractivity contribution >= 4 is 27.6 Å². The zero-order chi connectivity index (χ0) is 11.4. The van der Waals surface area contributed by atoms with Crippen LogP contribution in [0.4, 0.5) is 0 Å². The van der Waals surface area contributed by atoms with Crippen molar-refractivity contribution in [2.75, 3.05) is 11.9 Å². The van der Waals surface area contributed by atoms with Crippen LogP contribution in [0.15, 0.2) is 0 Å². The molecule has 0 aliphatic carbocycles. The molecule has 14 heavy (non-hydrogen) atoms. The monoisotopic (exact) mass is 263 g/mol. The summed E-state index contributed by atoms with van der Waals surface area (Å²) in [5.74, 6) is 0.139. The molecule has 0 aromatic rings. The van der Waals surface area contributed by atoms with Crippen LogP contribution in [-0.2, 0) is 9.59 Å². The fourth-order valence-electron chi connectivity index (χ4n) is 1.27. The van der Waals surface area contributed by atoms with Crippen LogP contribution in [-0.4, -0.2) is 34.0 Å². The van der Waals surface area contributed by atoms with Crippen LogP contribution in [0.5, 0.6) is 0 Å². The number of hydrogen-bond donors (Lipinski definition) is 0. The molecule has 0 aromatic carbocycles. The average molecular weight is 264 g/mol. The van der Waals surface area contributed by atoms with E-state index in [-0.39, 0.29) is 17.2 Å². The predicted octanol–water partition coefficient (Wildman–Crippen LogP) is 1.99. The van der Waals surface area contributed by atoms with Gasteiger partial charge in [0.2, 0.25) is 5.91 Å². The van der Waals surface area contributed by atoms with Gasteiger partial charge < -0.3 is 4.90 Å². The number of hydrogen-bond acceptors (Lipinski definition) is 2. The Morgan fingerprint density at radius 1 is 1.29 bits per heavy atom. The molecule has 1 amide bonds. The summed E-state index contributed by atoms with van der Waals surface area (Å²) in [5, 5.41) is 0.364. The zero-order valence-corrected chi connectivity index (χ0v) is 10.8. The molecular weight excluding hydrogens is 246 g/mol. The van der Waals surface area contributed by atoms with Gasteiger partial charge in [0.25, 0.3) is 0 Å². The van der Waals surface area contributed by atoms with Crippen LogP contribution >= 0.6 is 15.9 Å². The van der Waals surface area contributed by atoms with E-state index < -0.39 is 0 Å². The minimum absolute atomic E-state index is 0.0138. The number of alkyl halides is 1. The van der Waals surface area contributed by atoms with Gasteiger partial charge in [0.05, 0.1) is 5.33 Å². The van der Waals surface area contributed by atoms with Crippen LogP contribution in [0.3, 0.4) is 0 Å². The minimum atomic E-state index is -0.210. The van der Waals surface area contributed by atoms with Crippen molar-refractivity contribution in [2.45, 2.75) is 39.7 Å². The van der Waals surface area contributed by atoms with Crippen molar-refractivity contribution in [1.82, 2.24) is 4.90 Å². The first-order valence-corrected chi connectivity index (χ1v) is 5.77. The summed E-state index contributed by atoms with van der Waals surface area (Å²) in [6.07, 6.45) is 0.419. The smallest absolute Gasteiger partial charge is 0.219 e. The highest BCUT2D eigenvalue weighted by atomic mass is 79.9. The van der Waals surface area contributed by atoms with Crippen LogP contribution in [0.25, 0.3) is 0 Å². The molecule has 0 bridgehead atoms. The molecule has 0 fully saturated rings. The molecule has 82 valence electrons. The summed E-state index contributed by atoms with van der Waals surface area (Å²) in [5.41, 5.74) is -0.210. The lowest BCUT2D eigenvalue weighted by Crippen LogP contribution is -2.45. The Balaban J connectivity index is 4.26. The molecule has 0 radical (unpaired) electrons. The molecule has 0 heterocycles. The maximum atomic E-state index is 11.3. The highest BCUT2D eigenvalue weighted by Crippen LogP contribution is 2.13. The van der Waals surface area contributed by atoms with Gasteiger partial charge in [-0.25, -0.2) is 0 Å². The maximum Gasteiger partial charge on any atom is 0.219 e. The zero-order valence-electron chi connectivity index (χ0n) is 9.26. The second-order valence-corrected chi connectivity index (χ2v) is 4.82. The number of ketones is 1. The van der Waals surface area contributed by atoms with Crippen molar-refractivity contribution < 1.29 is 9.59 Å². The Bertz CT molecular complexity index is 221. The van der Waals surface area contributed by atoms with Crippen LogP contribution in [0.2, 0.25) is 0 Å². The van der Waals surface area contributed by atoms with Crippen LogP contribution < -0.4 is 0 Å². The van der Waals surface area contributed by atoms with Gasteiger partial charge in [0, 0.05) is 25.4 Å². The van der Waals surface area contributed by atoms with Gasteiger partial charge in [-0.1, -0.05) is 15.9 Å². The third-order valence-electron chi connectivity index (χ3n) is 1.95. The molecule has 0 aliphatic heterocycles. The van der Waals surface area contributed by atoms with Crippen molar-refractivity contribution in [3.63, 3.8) is 0 Å².